The SMILES string of the molecule is CCC(CSC)N(C)c1cc(Br)ccc1C(C)O. The zero-order valence-corrected chi connectivity index (χ0v) is 13.9. The predicted octanol–water partition coefficient (Wildman–Crippen LogP) is 4.08. The summed E-state index contributed by atoms with van der Waals surface area (Å²) >= 11 is 5.37. The van der Waals surface area contributed by atoms with E-state index in [1.807, 2.05) is 30.8 Å². The molecule has 0 aliphatic rings. The Bertz CT molecular complexity index is 384. The van der Waals surface area contributed by atoms with E-state index in [9.17, 15) is 5.11 Å². The molecule has 2 atom stereocenters. The molecule has 0 saturated carbocycles. The van der Waals surface area contributed by atoms with Crippen molar-refractivity contribution in [2.45, 2.75) is 32.4 Å². The van der Waals surface area contributed by atoms with Gasteiger partial charge in [0.2, 0.25) is 0 Å². The number of anilines is 1. The normalized spacial score (nSPS) is 14.3. The second kappa shape index (κ2) is 7.41. The van der Waals surface area contributed by atoms with Crippen LogP contribution in [0.3, 0.4) is 0 Å². The van der Waals surface area contributed by atoms with E-state index in [4.69, 9.17) is 0 Å². The van der Waals surface area contributed by atoms with Crippen LogP contribution < -0.4 is 4.90 Å². The molecule has 0 spiro atoms. The van der Waals surface area contributed by atoms with E-state index < -0.39 is 6.10 Å². The van der Waals surface area contributed by atoms with E-state index in [1.54, 1.807) is 0 Å². The number of aliphatic hydroxyl groups excluding tert-OH is 1. The van der Waals surface area contributed by atoms with Crippen LogP contribution >= 0.6 is 27.7 Å². The van der Waals surface area contributed by atoms with Gasteiger partial charge in [-0.25, -0.2) is 0 Å². The first-order valence-corrected chi connectivity index (χ1v) is 8.39. The number of rotatable bonds is 6. The maximum absolute atomic E-state index is 9.88. The van der Waals surface area contributed by atoms with E-state index >= 15 is 0 Å². The first-order chi connectivity index (χ1) is 8.51. The Morgan fingerprint density at radius 2 is 2.11 bits per heavy atom. The van der Waals surface area contributed by atoms with Crippen LogP contribution in [0.2, 0.25) is 0 Å². The minimum atomic E-state index is -0.442. The number of aliphatic hydroxyl groups is 1. The molecule has 18 heavy (non-hydrogen) atoms. The molecular formula is C14H22BrNOS. The zero-order valence-electron chi connectivity index (χ0n) is 11.5. The highest BCUT2D eigenvalue weighted by Crippen LogP contribution is 2.31. The van der Waals surface area contributed by atoms with Crippen LogP contribution in [-0.4, -0.2) is 30.2 Å². The van der Waals surface area contributed by atoms with Gasteiger partial charge in [0.25, 0.3) is 0 Å². The molecule has 102 valence electrons. The Balaban J connectivity index is 3.09. The van der Waals surface area contributed by atoms with Crippen LogP contribution in [0.15, 0.2) is 22.7 Å². The third kappa shape index (κ3) is 3.90. The van der Waals surface area contributed by atoms with Crippen LogP contribution in [0.1, 0.15) is 31.9 Å². The lowest BCUT2D eigenvalue weighted by Gasteiger charge is -2.31. The fraction of sp³-hybridized carbons (Fsp3) is 0.571. The van der Waals surface area contributed by atoms with Crippen molar-refractivity contribution in [2.24, 2.45) is 0 Å². The zero-order chi connectivity index (χ0) is 13.7. The van der Waals surface area contributed by atoms with Gasteiger partial charge >= 0.3 is 0 Å². The summed E-state index contributed by atoms with van der Waals surface area (Å²) in [4.78, 5) is 2.28. The number of hydrogen-bond acceptors (Lipinski definition) is 3. The van der Waals surface area contributed by atoms with Crippen LogP contribution in [0.25, 0.3) is 0 Å². The van der Waals surface area contributed by atoms with E-state index in [2.05, 4.69) is 47.1 Å². The maximum Gasteiger partial charge on any atom is 0.0782 e. The molecule has 0 amide bonds. The summed E-state index contributed by atoms with van der Waals surface area (Å²) in [6.45, 7) is 4.02. The Morgan fingerprint density at radius 3 is 2.61 bits per heavy atom. The van der Waals surface area contributed by atoms with E-state index in [0.29, 0.717) is 6.04 Å². The van der Waals surface area contributed by atoms with Crippen LogP contribution in [0.5, 0.6) is 0 Å². The molecule has 0 bridgehead atoms. The van der Waals surface area contributed by atoms with Gasteiger partial charge in [-0.1, -0.05) is 28.9 Å². The number of nitrogens with zero attached hydrogens (tertiary/aromatic N) is 1. The van der Waals surface area contributed by atoms with Crippen molar-refractivity contribution in [1.29, 1.82) is 0 Å². The van der Waals surface area contributed by atoms with Crippen LogP contribution in [0.4, 0.5) is 5.69 Å². The van der Waals surface area contributed by atoms with E-state index in [0.717, 1.165) is 27.9 Å². The Kier molecular flexibility index (Phi) is 6.53. The Hall–Kier alpha value is -0.190. The molecule has 1 N–H and O–H groups in total. The monoisotopic (exact) mass is 331 g/mol. The summed E-state index contributed by atoms with van der Waals surface area (Å²) in [5.41, 5.74) is 2.10. The number of benzene rings is 1. The molecule has 0 aliphatic carbocycles. The number of halogens is 1. The van der Waals surface area contributed by atoms with Crippen molar-refractivity contribution >= 4 is 33.4 Å². The van der Waals surface area contributed by atoms with Gasteiger partial charge in [0.05, 0.1) is 6.10 Å². The van der Waals surface area contributed by atoms with Gasteiger partial charge < -0.3 is 10.0 Å². The number of hydrogen-bond donors (Lipinski definition) is 1. The minimum absolute atomic E-state index is 0.442. The average Bonchev–Trinajstić information content (AvgIpc) is 2.34. The highest BCUT2D eigenvalue weighted by atomic mass is 79.9. The highest BCUT2D eigenvalue weighted by molar-refractivity contribution is 9.10. The summed E-state index contributed by atoms with van der Waals surface area (Å²) in [5.74, 6) is 1.10. The van der Waals surface area contributed by atoms with Gasteiger partial charge in [-0.2, -0.15) is 11.8 Å². The fourth-order valence-corrected chi connectivity index (χ4v) is 3.26. The minimum Gasteiger partial charge on any atom is -0.389 e. The van der Waals surface area contributed by atoms with E-state index in [1.165, 1.54) is 0 Å². The summed E-state index contributed by atoms with van der Waals surface area (Å²) in [7, 11) is 2.11. The molecular weight excluding hydrogens is 310 g/mol. The Morgan fingerprint density at radius 1 is 1.44 bits per heavy atom. The first-order valence-electron chi connectivity index (χ1n) is 6.20. The lowest BCUT2D eigenvalue weighted by molar-refractivity contribution is 0.199. The largest absolute Gasteiger partial charge is 0.389 e. The lowest BCUT2D eigenvalue weighted by Crippen LogP contribution is -2.34. The molecule has 0 radical (unpaired) electrons. The van der Waals surface area contributed by atoms with Crippen molar-refractivity contribution in [1.82, 2.24) is 0 Å². The third-order valence-corrected chi connectivity index (χ3v) is 4.41. The van der Waals surface area contributed by atoms with E-state index in [-0.39, 0.29) is 0 Å². The average molecular weight is 332 g/mol. The third-order valence-electron chi connectivity index (χ3n) is 3.20. The predicted molar refractivity (Wildman–Crippen MR) is 85.6 cm³/mol. The van der Waals surface area contributed by atoms with Crippen molar-refractivity contribution in [3.63, 3.8) is 0 Å². The van der Waals surface area contributed by atoms with Crippen LogP contribution in [-0.2, 0) is 0 Å². The van der Waals surface area contributed by atoms with Crippen molar-refractivity contribution < 1.29 is 5.11 Å². The van der Waals surface area contributed by atoms with Crippen molar-refractivity contribution in [3.05, 3.63) is 28.2 Å². The molecule has 0 fully saturated rings. The van der Waals surface area contributed by atoms with Gasteiger partial charge in [0.1, 0.15) is 0 Å². The molecule has 0 heterocycles. The molecule has 1 rings (SSSR count). The van der Waals surface area contributed by atoms with Gasteiger partial charge in [-0.3, -0.25) is 0 Å². The summed E-state index contributed by atoms with van der Waals surface area (Å²) in [6, 6.07) is 6.55. The molecule has 4 heteroatoms. The molecule has 0 saturated heterocycles. The molecule has 1 aromatic rings. The highest BCUT2D eigenvalue weighted by Gasteiger charge is 2.18. The molecule has 2 nitrogen and oxygen atoms in total. The van der Waals surface area contributed by atoms with Gasteiger partial charge in [0.15, 0.2) is 0 Å². The van der Waals surface area contributed by atoms with Crippen molar-refractivity contribution in [3.8, 4) is 0 Å². The smallest absolute Gasteiger partial charge is 0.0782 e. The van der Waals surface area contributed by atoms with Crippen LogP contribution in [0, 0.1) is 0 Å². The second-order valence-electron chi connectivity index (χ2n) is 4.51. The van der Waals surface area contributed by atoms with Gasteiger partial charge in [-0.05, 0) is 31.7 Å². The van der Waals surface area contributed by atoms with Gasteiger partial charge in [0, 0.05) is 34.6 Å². The number of thioether (sulfide) groups is 1. The van der Waals surface area contributed by atoms with Gasteiger partial charge in [-0.15, -0.1) is 0 Å². The standard InChI is InChI=1S/C14H22BrNOS/c1-5-12(9-18-4)16(3)14-8-11(15)6-7-13(14)10(2)17/h6-8,10,12,17H,5,9H2,1-4H3. The Labute approximate surface area is 123 Å². The summed E-state index contributed by atoms with van der Waals surface area (Å²) in [6.07, 6.45) is 2.79. The summed E-state index contributed by atoms with van der Waals surface area (Å²) < 4.78 is 1.05. The molecule has 0 aliphatic heterocycles. The fourth-order valence-electron chi connectivity index (χ4n) is 2.07. The second-order valence-corrected chi connectivity index (χ2v) is 6.33. The summed E-state index contributed by atoms with van der Waals surface area (Å²) in [5, 5.41) is 9.88. The topological polar surface area (TPSA) is 23.5 Å². The quantitative estimate of drug-likeness (QED) is 0.849. The van der Waals surface area contributed by atoms with Crippen molar-refractivity contribution in [2.75, 3.05) is 24.0 Å². The molecule has 2 unspecified atom stereocenters. The molecule has 0 aromatic heterocycles. The lowest BCUT2D eigenvalue weighted by atomic mass is 10.1. The maximum atomic E-state index is 9.88. The first kappa shape index (κ1) is 15.9. The molecule has 1 aromatic carbocycles.